The van der Waals surface area contributed by atoms with Crippen LogP contribution in [0.3, 0.4) is 0 Å². The summed E-state index contributed by atoms with van der Waals surface area (Å²) in [5.74, 6) is 0. The Bertz CT molecular complexity index is 738. The topological polar surface area (TPSA) is 71.3 Å². The summed E-state index contributed by atoms with van der Waals surface area (Å²) in [5.41, 5.74) is 1.96. The van der Waals surface area contributed by atoms with Crippen LogP contribution in [0.1, 0.15) is 11.3 Å². The molecule has 0 saturated carbocycles. The van der Waals surface area contributed by atoms with Crippen molar-refractivity contribution in [2.24, 2.45) is 7.05 Å². The number of hydrogen-bond donors (Lipinski definition) is 2. The first-order valence-electron chi connectivity index (χ1n) is 5.89. The maximum atomic E-state index is 12.3. The SMILES string of the molecule is Cc1cccc(NS(=O)(=O)c2cc(CO)n(C)c2)c1Br. The van der Waals surface area contributed by atoms with Gasteiger partial charge in [0.2, 0.25) is 0 Å². The highest BCUT2D eigenvalue weighted by atomic mass is 79.9. The van der Waals surface area contributed by atoms with E-state index in [0.29, 0.717) is 15.9 Å². The van der Waals surface area contributed by atoms with Gasteiger partial charge in [0, 0.05) is 23.4 Å². The van der Waals surface area contributed by atoms with Crippen LogP contribution in [-0.2, 0) is 23.7 Å². The van der Waals surface area contributed by atoms with E-state index < -0.39 is 10.0 Å². The zero-order valence-corrected chi connectivity index (χ0v) is 13.5. The predicted octanol–water partition coefficient (Wildman–Crippen LogP) is 2.39. The molecule has 108 valence electrons. The summed E-state index contributed by atoms with van der Waals surface area (Å²) >= 11 is 3.37. The minimum absolute atomic E-state index is 0.123. The van der Waals surface area contributed by atoms with E-state index in [0.717, 1.165) is 5.56 Å². The van der Waals surface area contributed by atoms with Crippen LogP contribution < -0.4 is 4.72 Å². The van der Waals surface area contributed by atoms with Gasteiger partial charge in [0.05, 0.1) is 12.3 Å². The molecule has 0 fully saturated rings. The molecular formula is C13H15BrN2O3S. The number of sulfonamides is 1. The number of nitrogens with zero attached hydrogens (tertiary/aromatic N) is 1. The number of aryl methyl sites for hydroxylation is 2. The molecule has 0 saturated heterocycles. The first-order chi connectivity index (χ1) is 9.35. The van der Waals surface area contributed by atoms with E-state index in [1.165, 1.54) is 12.3 Å². The third-order valence-electron chi connectivity index (χ3n) is 2.99. The van der Waals surface area contributed by atoms with Crippen molar-refractivity contribution in [2.45, 2.75) is 18.4 Å². The molecule has 1 aromatic heterocycles. The molecule has 0 unspecified atom stereocenters. The summed E-state index contributed by atoms with van der Waals surface area (Å²) in [6, 6.07) is 6.80. The average Bonchev–Trinajstić information content (AvgIpc) is 2.77. The van der Waals surface area contributed by atoms with Gasteiger partial charge in [-0.2, -0.15) is 0 Å². The molecule has 2 rings (SSSR count). The average molecular weight is 359 g/mol. The maximum Gasteiger partial charge on any atom is 0.263 e. The molecular weight excluding hydrogens is 344 g/mol. The monoisotopic (exact) mass is 358 g/mol. The second-order valence-corrected chi connectivity index (χ2v) is 6.95. The van der Waals surface area contributed by atoms with Crippen molar-refractivity contribution in [3.8, 4) is 0 Å². The Morgan fingerprint density at radius 1 is 1.40 bits per heavy atom. The molecule has 0 radical (unpaired) electrons. The van der Waals surface area contributed by atoms with E-state index in [2.05, 4.69) is 20.7 Å². The van der Waals surface area contributed by atoms with Crippen molar-refractivity contribution in [3.05, 3.63) is 46.2 Å². The molecule has 1 heterocycles. The van der Waals surface area contributed by atoms with E-state index in [1.807, 2.05) is 13.0 Å². The number of rotatable bonds is 4. The van der Waals surface area contributed by atoms with Crippen molar-refractivity contribution in [2.75, 3.05) is 4.72 Å². The summed E-state index contributed by atoms with van der Waals surface area (Å²) in [6.07, 6.45) is 1.47. The van der Waals surface area contributed by atoms with E-state index in [1.54, 1.807) is 23.7 Å². The lowest BCUT2D eigenvalue weighted by Gasteiger charge is -2.10. The number of aliphatic hydroxyl groups is 1. The van der Waals surface area contributed by atoms with Gasteiger partial charge in [0.1, 0.15) is 4.90 Å². The first-order valence-corrected chi connectivity index (χ1v) is 8.17. The van der Waals surface area contributed by atoms with Gasteiger partial charge in [-0.3, -0.25) is 4.72 Å². The van der Waals surface area contributed by atoms with Gasteiger partial charge in [-0.05, 0) is 40.5 Å². The predicted molar refractivity (Wildman–Crippen MR) is 81.0 cm³/mol. The fraction of sp³-hybridized carbons (Fsp3) is 0.231. The molecule has 0 amide bonds. The van der Waals surface area contributed by atoms with Crippen LogP contribution >= 0.6 is 15.9 Å². The molecule has 20 heavy (non-hydrogen) atoms. The van der Waals surface area contributed by atoms with Gasteiger partial charge < -0.3 is 9.67 Å². The lowest BCUT2D eigenvalue weighted by atomic mass is 10.2. The Kier molecular flexibility index (Phi) is 4.22. The Labute approximate surface area is 126 Å². The van der Waals surface area contributed by atoms with E-state index in [-0.39, 0.29) is 11.5 Å². The number of anilines is 1. The Morgan fingerprint density at radius 3 is 2.70 bits per heavy atom. The number of hydrogen-bond acceptors (Lipinski definition) is 3. The van der Waals surface area contributed by atoms with Crippen LogP contribution in [0.15, 0.2) is 39.8 Å². The van der Waals surface area contributed by atoms with Gasteiger partial charge in [0.15, 0.2) is 0 Å². The fourth-order valence-electron chi connectivity index (χ4n) is 1.81. The van der Waals surface area contributed by atoms with Crippen molar-refractivity contribution in [1.82, 2.24) is 4.57 Å². The Hall–Kier alpha value is -1.31. The molecule has 7 heteroatoms. The van der Waals surface area contributed by atoms with Crippen LogP contribution in [0.2, 0.25) is 0 Å². The van der Waals surface area contributed by atoms with Crippen molar-refractivity contribution in [1.29, 1.82) is 0 Å². The summed E-state index contributed by atoms with van der Waals surface area (Å²) in [6.45, 7) is 1.68. The molecule has 0 atom stereocenters. The van der Waals surface area contributed by atoms with Crippen molar-refractivity contribution >= 4 is 31.6 Å². The summed E-state index contributed by atoms with van der Waals surface area (Å²) < 4.78 is 29.5. The lowest BCUT2D eigenvalue weighted by molar-refractivity contribution is 0.272. The fourth-order valence-corrected chi connectivity index (χ4v) is 3.47. The normalized spacial score (nSPS) is 11.6. The van der Waals surface area contributed by atoms with Crippen LogP contribution in [0.4, 0.5) is 5.69 Å². The number of aliphatic hydroxyl groups excluding tert-OH is 1. The molecule has 2 N–H and O–H groups in total. The van der Waals surface area contributed by atoms with E-state index in [9.17, 15) is 8.42 Å². The Balaban J connectivity index is 2.38. The summed E-state index contributed by atoms with van der Waals surface area (Å²) in [4.78, 5) is 0.123. The van der Waals surface area contributed by atoms with E-state index >= 15 is 0 Å². The Morgan fingerprint density at radius 2 is 2.10 bits per heavy atom. The highest BCUT2D eigenvalue weighted by molar-refractivity contribution is 9.10. The molecule has 1 aromatic carbocycles. The molecule has 0 aliphatic heterocycles. The third kappa shape index (κ3) is 2.89. The van der Waals surface area contributed by atoms with Crippen molar-refractivity contribution in [3.63, 3.8) is 0 Å². The van der Waals surface area contributed by atoms with Gasteiger partial charge >= 0.3 is 0 Å². The standard InChI is InChI=1S/C13H15BrN2O3S/c1-9-4-3-5-12(13(9)14)15-20(18,19)11-6-10(8-17)16(2)7-11/h3-7,15,17H,8H2,1-2H3. The molecule has 0 spiro atoms. The number of nitrogens with one attached hydrogen (secondary N) is 1. The largest absolute Gasteiger partial charge is 0.390 e. The minimum atomic E-state index is -3.68. The second-order valence-electron chi connectivity index (χ2n) is 4.48. The minimum Gasteiger partial charge on any atom is -0.390 e. The number of benzene rings is 1. The van der Waals surface area contributed by atoms with Gasteiger partial charge in [-0.25, -0.2) is 8.42 Å². The molecule has 2 aromatic rings. The highest BCUT2D eigenvalue weighted by Crippen LogP contribution is 2.28. The first kappa shape index (κ1) is 15.1. The van der Waals surface area contributed by atoms with Crippen LogP contribution in [0.25, 0.3) is 0 Å². The zero-order valence-electron chi connectivity index (χ0n) is 11.1. The highest BCUT2D eigenvalue weighted by Gasteiger charge is 2.18. The third-order valence-corrected chi connectivity index (χ3v) is 5.38. The van der Waals surface area contributed by atoms with E-state index in [4.69, 9.17) is 5.11 Å². The van der Waals surface area contributed by atoms with Crippen LogP contribution in [-0.4, -0.2) is 18.1 Å². The van der Waals surface area contributed by atoms with Crippen molar-refractivity contribution < 1.29 is 13.5 Å². The van der Waals surface area contributed by atoms with Gasteiger partial charge in [-0.1, -0.05) is 12.1 Å². The quantitative estimate of drug-likeness (QED) is 0.881. The summed E-state index contributed by atoms with van der Waals surface area (Å²) in [7, 11) is -1.99. The summed E-state index contributed by atoms with van der Waals surface area (Å²) in [5, 5.41) is 9.12. The zero-order chi connectivity index (χ0) is 14.9. The lowest BCUT2D eigenvalue weighted by Crippen LogP contribution is -2.12. The smallest absolute Gasteiger partial charge is 0.263 e. The number of aromatic nitrogens is 1. The van der Waals surface area contributed by atoms with Gasteiger partial charge in [0.25, 0.3) is 10.0 Å². The molecule has 0 aliphatic carbocycles. The number of halogens is 1. The molecule has 0 aliphatic rings. The maximum absolute atomic E-state index is 12.3. The molecule has 0 bridgehead atoms. The second kappa shape index (κ2) is 5.59. The van der Waals surface area contributed by atoms with Crippen LogP contribution in [0, 0.1) is 6.92 Å². The van der Waals surface area contributed by atoms with Crippen LogP contribution in [0.5, 0.6) is 0 Å². The van der Waals surface area contributed by atoms with Gasteiger partial charge in [-0.15, -0.1) is 0 Å². The molecule has 5 nitrogen and oxygen atoms in total.